The molecule has 14 nitrogen and oxygen atoms in total. The van der Waals surface area contributed by atoms with Gasteiger partial charge < -0.3 is 39.0 Å². The lowest BCUT2D eigenvalue weighted by Gasteiger charge is -2.58. The van der Waals surface area contributed by atoms with Gasteiger partial charge in [-0.2, -0.15) is 0 Å². The molecule has 0 aromatic heterocycles. The van der Waals surface area contributed by atoms with Crippen LogP contribution in [-0.4, -0.2) is 129 Å². The Morgan fingerprint density at radius 2 is 1.72 bits per heavy atom. The maximum Gasteiger partial charge on any atom is 0.409 e. The van der Waals surface area contributed by atoms with E-state index in [9.17, 15) is 28.8 Å². The highest BCUT2D eigenvalue weighted by molar-refractivity contribution is 8.78. The number of hydrogen-bond acceptors (Lipinski definition) is 13. The largest absolute Gasteiger partial charge is 0.455 e. The Morgan fingerprint density at radius 1 is 1.05 bits per heavy atom. The molecule has 0 radical (unpaired) electrons. The van der Waals surface area contributed by atoms with Crippen LogP contribution in [0.4, 0.5) is 4.79 Å². The molecule has 0 unspecified atom stereocenters. The van der Waals surface area contributed by atoms with Crippen LogP contribution in [0.5, 0.6) is 0 Å². The smallest absolute Gasteiger partial charge is 0.409 e. The number of carbonyl (C=O) groups is 6. The Bertz CT molecular complexity index is 1320. The molecule has 16 heteroatoms. The Morgan fingerprint density at radius 3 is 2.30 bits per heavy atom. The summed E-state index contributed by atoms with van der Waals surface area (Å²) in [6.45, 7) is 9.27. The fourth-order valence-corrected chi connectivity index (χ4v) is 11.3. The molecule has 7 fully saturated rings. The molecule has 7 atom stereocenters. The van der Waals surface area contributed by atoms with Crippen LogP contribution in [-0.2, 0) is 42.9 Å². The summed E-state index contributed by atoms with van der Waals surface area (Å²) in [5.41, 5.74) is -4.45. The number of amides is 3. The van der Waals surface area contributed by atoms with Crippen LogP contribution in [0.1, 0.15) is 47.5 Å². The quantitative estimate of drug-likeness (QED) is 0.254. The van der Waals surface area contributed by atoms with Crippen LogP contribution in [0.3, 0.4) is 0 Å². The summed E-state index contributed by atoms with van der Waals surface area (Å²) in [5.74, 6) is -2.77. The highest BCUT2D eigenvalue weighted by Gasteiger charge is 2.86. The van der Waals surface area contributed by atoms with Crippen molar-refractivity contribution in [3.8, 4) is 0 Å². The van der Waals surface area contributed by atoms with Crippen molar-refractivity contribution in [1.82, 2.24) is 20.0 Å². The second-order valence-electron chi connectivity index (χ2n) is 12.7. The number of fused-ring (bicyclic) bond motifs is 3. The standard InChI is InChI=1S/C27H36N4O10S2/c1-14-23(4,5)18(34)24(40-14)11-17-25(41-16(3)33,19(24)39-15(2)32)12-26-20(35)29(6)27(43-42-26,21(36)31(17)26)13-38-22(37)30-9-7-28-8-10-30/h14,17,19,28H,7-13H2,1-6H3/t14-,17-,19-,24+,25+,26-,27-/m1/s1. The number of esters is 2. The number of carbonyl (C=O) groups excluding carboxylic acids is 6. The highest BCUT2D eigenvalue weighted by atomic mass is 33.1. The van der Waals surface area contributed by atoms with Gasteiger partial charge in [0, 0.05) is 59.9 Å². The van der Waals surface area contributed by atoms with Crippen LogP contribution in [0, 0.1) is 5.41 Å². The van der Waals surface area contributed by atoms with Crippen molar-refractivity contribution in [3.05, 3.63) is 0 Å². The van der Waals surface area contributed by atoms with Crippen molar-refractivity contribution in [2.24, 2.45) is 5.41 Å². The van der Waals surface area contributed by atoms with E-state index in [2.05, 4.69) is 5.32 Å². The summed E-state index contributed by atoms with van der Waals surface area (Å²) in [6.07, 6.45) is -2.97. The number of Topliss-reactive ketones (excluding diaryl/α,β-unsaturated/α-hetero) is 1. The van der Waals surface area contributed by atoms with E-state index in [1.807, 2.05) is 0 Å². The number of nitrogens with one attached hydrogen (secondary N) is 1. The SMILES string of the molecule is CC(=O)O[C@H]1[C@]2(OC(C)=O)C[C@]34SS[C@](COC(=O)N5CCNCC5)(C(=O)N3[C@@H]2C[C@@]12O[C@H](C)C(C)(C)C2=O)N(C)C4=O. The predicted octanol–water partition coefficient (Wildman–Crippen LogP) is 0.279. The Hall–Kier alpha value is -2.56. The first-order valence-corrected chi connectivity index (χ1v) is 16.4. The van der Waals surface area contributed by atoms with Gasteiger partial charge in [0.2, 0.25) is 4.87 Å². The van der Waals surface area contributed by atoms with E-state index in [1.165, 1.54) is 35.6 Å². The minimum atomic E-state index is -1.76. The number of ether oxygens (including phenoxy) is 4. The molecule has 6 heterocycles. The first-order chi connectivity index (χ1) is 20.1. The molecule has 7 rings (SSSR count). The van der Waals surface area contributed by atoms with Gasteiger partial charge in [0.1, 0.15) is 6.61 Å². The molecule has 1 N–H and O–H groups in total. The summed E-state index contributed by atoms with van der Waals surface area (Å²) < 4.78 is 23.9. The first kappa shape index (κ1) is 30.5. The molecule has 0 aromatic carbocycles. The molecular weight excluding hydrogens is 604 g/mol. The third-order valence-corrected chi connectivity index (χ3v) is 13.6. The van der Waals surface area contributed by atoms with Gasteiger partial charge in [-0.15, -0.1) is 0 Å². The van der Waals surface area contributed by atoms with Crippen molar-refractivity contribution < 1.29 is 47.7 Å². The van der Waals surface area contributed by atoms with Crippen molar-refractivity contribution >= 4 is 57.2 Å². The van der Waals surface area contributed by atoms with Crippen LogP contribution in [0.2, 0.25) is 0 Å². The molecule has 7 aliphatic rings. The fourth-order valence-electron chi connectivity index (χ4n) is 7.58. The zero-order chi connectivity index (χ0) is 31.3. The molecule has 6 saturated heterocycles. The normalized spacial score (nSPS) is 41.0. The summed E-state index contributed by atoms with van der Waals surface area (Å²) >= 11 is 0. The van der Waals surface area contributed by atoms with Crippen LogP contribution in [0.15, 0.2) is 0 Å². The maximum atomic E-state index is 14.6. The summed E-state index contributed by atoms with van der Waals surface area (Å²) in [5, 5.41) is 3.16. The molecule has 43 heavy (non-hydrogen) atoms. The van der Waals surface area contributed by atoms with Gasteiger partial charge in [0.15, 0.2) is 28.0 Å². The molecule has 3 amide bonds. The van der Waals surface area contributed by atoms with Gasteiger partial charge in [-0.1, -0.05) is 24.6 Å². The van der Waals surface area contributed by atoms with Gasteiger partial charge in [-0.3, -0.25) is 24.0 Å². The average Bonchev–Trinajstić information content (AvgIpc) is 3.42. The zero-order valence-corrected chi connectivity index (χ0v) is 26.6. The summed E-state index contributed by atoms with van der Waals surface area (Å²) in [7, 11) is 3.72. The van der Waals surface area contributed by atoms with E-state index in [0.717, 1.165) is 21.6 Å². The molecule has 6 aliphatic heterocycles. The number of piperazine rings is 2. The number of rotatable bonds is 4. The zero-order valence-electron chi connectivity index (χ0n) is 24.9. The van der Waals surface area contributed by atoms with E-state index >= 15 is 0 Å². The monoisotopic (exact) mass is 640 g/mol. The van der Waals surface area contributed by atoms with Crippen molar-refractivity contribution in [3.63, 3.8) is 0 Å². The molecular formula is C27H36N4O10S2. The van der Waals surface area contributed by atoms with E-state index < -0.39 is 81.1 Å². The molecule has 2 bridgehead atoms. The van der Waals surface area contributed by atoms with Gasteiger partial charge in [0.25, 0.3) is 11.8 Å². The van der Waals surface area contributed by atoms with Crippen molar-refractivity contribution in [2.75, 3.05) is 39.8 Å². The molecule has 1 saturated carbocycles. The number of ketones is 1. The summed E-state index contributed by atoms with van der Waals surface area (Å²) in [4.78, 5) is 82.1. The van der Waals surface area contributed by atoms with E-state index in [1.54, 1.807) is 20.8 Å². The van der Waals surface area contributed by atoms with Gasteiger partial charge in [0.05, 0.1) is 17.6 Å². The van der Waals surface area contributed by atoms with Crippen molar-refractivity contribution in [1.29, 1.82) is 0 Å². The van der Waals surface area contributed by atoms with Gasteiger partial charge in [-0.05, 0) is 17.7 Å². The van der Waals surface area contributed by atoms with Crippen molar-refractivity contribution in [2.45, 2.75) is 86.7 Å². The minimum absolute atomic E-state index is 0.156. The molecule has 236 valence electrons. The number of hydrogen-bond donors (Lipinski definition) is 1. The third-order valence-electron chi connectivity index (χ3n) is 9.95. The maximum absolute atomic E-state index is 14.6. The average molecular weight is 641 g/mol. The Labute approximate surface area is 256 Å². The number of likely N-dealkylation sites (N-methyl/N-ethyl adjacent to an activating group) is 1. The lowest BCUT2D eigenvalue weighted by Crippen LogP contribution is -2.77. The predicted molar refractivity (Wildman–Crippen MR) is 151 cm³/mol. The first-order valence-electron chi connectivity index (χ1n) is 14.3. The highest BCUT2D eigenvalue weighted by Crippen LogP contribution is 2.70. The number of nitrogens with zero attached hydrogens (tertiary/aromatic N) is 3. The van der Waals surface area contributed by atoms with Gasteiger partial charge >= 0.3 is 18.0 Å². The van der Waals surface area contributed by atoms with Crippen LogP contribution in [0.25, 0.3) is 0 Å². The van der Waals surface area contributed by atoms with Crippen LogP contribution >= 0.6 is 21.6 Å². The van der Waals surface area contributed by atoms with E-state index in [4.69, 9.17) is 18.9 Å². The molecule has 0 aromatic rings. The Kier molecular flexibility index (Phi) is 6.89. The third kappa shape index (κ3) is 3.88. The minimum Gasteiger partial charge on any atom is -0.455 e. The topological polar surface area (TPSA) is 161 Å². The lowest BCUT2D eigenvalue weighted by atomic mass is 9.76. The second-order valence-corrected chi connectivity index (χ2v) is 15.4. The summed E-state index contributed by atoms with van der Waals surface area (Å²) in [6, 6.07) is -1.05. The fraction of sp³-hybridized carbons (Fsp3) is 0.778. The Balaban J connectivity index is 1.42. The van der Waals surface area contributed by atoms with Crippen LogP contribution < -0.4 is 5.32 Å². The van der Waals surface area contributed by atoms with E-state index in [0.29, 0.717) is 26.2 Å². The second kappa shape index (κ2) is 9.72. The molecule has 2 spiro atoms. The van der Waals surface area contributed by atoms with Gasteiger partial charge in [-0.25, -0.2) is 4.79 Å². The lowest BCUT2D eigenvalue weighted by molar-refractivity contribution is -0.202. The van der Waals surface area contributed by atoms with E-state index in [-0.39, 0.29) is 18.6 Å². The molecule has 1 aliphatic carbocycles.